The van der Waals surface area contributed by atoms with Crippen LogP contribution in [0.4, 0.5) is 5.69 Å². The molecule has 0 saturated heterocycles. The van der Waals surface area contributed by atoms with Crippen LogP contribution in [0.1, 0.15) is 24.5 Å². The number of halogens is 1. The molecular weight excluding hydrogens is 436 g/mol. The van der Waals surface area contributed by atoms with Crippen LogP contribution < -0.4 is 15.0 Å². The fourth-order valence-corrected chi connectivity index (χ4v) is 3.91. The van der Waals surface area contributed by atoms with E-state index >= 15 is 0 Å². The third-order valence-electron chi connectivity index (χ3n) is 5.44. The summed E-state index contributed by atoms with van der Waals surface area (Å²) < 4.78 is 5.86. The van der Waals surface area contributed by atoms with E-state index in [-0.39, 0.29) is 30.2 Å². The van der Waals surface area contributed by atoms with Crippen molar-refractivity contribution in [1.82, 2.24) is 5.32 Å². The van der Waals surface area contributed by atoms with Gasteiger partial charge in [-0.25, -0.2) is 0 Å². The van der Waals surface area contributed by atoms with E-state index in [4.69, 9.17) is 16.3 Å². The van der Waals surface area contributed by atoms with Gasteiger partial charge in [0.05, 0.1) is 5.69 Å². The second-order valence-corrected chi connectivity index (χ2v) is 8.39. The first-order valence-electron chi connectivity index (χ1n) is 10.9. The zero-order valence-electron chi connectivity index (χ0n) is 18.3. The van der Waals surface area contributed by atoms with Crippen LogP contribution in [0.15, 0.2) is 84.6 Å². The molecule has 1 N–H and O–H groups in total. The summed E-state index contributed by atoms with van der Waals surface area (Å²) in [5.41, 5.74) is 2.46. The summed E-state index contributed by atoms with van der Waals surface area (Å²) in [6, 6.07) is 24.5. The smallest absolute Gasteiger partial charge is 0.294 e. The van der Waals surface area contributed by atoms with Crippen molar-refractivity contribution in [3.63, 3.8) is 0 Å². The Labute approximate surface area is 198 Å². The number of aryl methyl sites for hydroxylation is 1. The highest BCUT2D eigenvalue weighted by Crippen LogP contribution is 2.35. The Morgan fingerprint density at radius 2 is 1.73 bits per heavy atom. The molecule has 6 heteroatoms. The summed E-state index contributed by atoms with van der Waals surface area (Å²) in [4.78, 5) is 27.5. The third kappa shape index (κ3) is 5.62. The first-order valence-corrected chi connectivity index (χ1v) is 11.3. The number of para-hydroxylation sites is 2. The highest BCUT2D eigenvalue weighted by Gasteiger charge is 2.31. The van der Waals surface area contributed by atoms with Crippen LogP contribution in [0, 0.1) is 0 Å². The SMILES string of the molecule is CC(CCc1ccccc1)NC(=O)CN1C(=O)C(=Cc2ccccc2Cl)Oc2ccccc21. The van der Waals surface area contributed by atoms with Crippen molar-refractivity contribution >= 4 is 35.2 Å². The van der Waals surface area contributed by atoms with Gasteiger partial charge < -0.3 is 10.1 Å². The predicted molar refractivity (Wildman–Crippen MR) is 131 cm³/mol. The first kappa shape index (κ1) is 22.6. The fourth-order valence-electron chi connectivity index (χ4n) is 3.72. The number of carbonyl (C=O) groups excluding carboxylic acids is 2. The molecule has 168 valence electrons. The number of carbonyl (C=O) groups is 2. The van der Waals surface area contributed by atoms with Crippen molar-refractivity contribution in [2.24, 2.45) is 0 Å². The van der Waals surface area contributed by atoms with Crippen molar-refractivity contribution < 1.29 is 14.3 Å². The minimum Gasteiger partial charge on any atom is -0.449 e. The number of fused-ring (bicyclic) bond motifs is 1. The van der Waals surface area contributed by atoms with Gasteiger partial charge in [-0.15, -0.1) is 0 Å². The molecule has 1 atom stereocenters. The number of amides is 2. The molecule has 1 unspecified atom stereocenters. The standard InChI is InChI=1S/C27H25ClN2O3/c1-19(15-16-20-9-3-2-4-10-20)29-26(31)18-30-23-13-7-8-14-24(23)33-25(27(30)32)17-21-11-5-6-12-22(21)28/h2-14,17,19H,15-16,18H2,1H3,(H,29,31). The van der Waals surface area contributed by atoms with Gasteiger partial charge in [-0.05, 0) is 55.2 Å². The van der Waals surface area contributed by atoms with E-state index < -0.39 is 0 Å². The Morgan fingerprint density at radius 1 is 1.03 bits per heavy atom. The maximum Gasteiger partial charge on any atom is 0.294 e. The van der Waals surface area contributed by atoms with Crippen LogP contribution in [0.25, 0.3) is 6.08 Å². The molecular formula is C27H25ClN2O3. The number of hydrogen-bond donors (Lipinski definition) is 1. The fraction of sp³-hybridized carbons (Fsp3) is 0.185. The van der Waals surface area contributed by atoms with Crippen molar-refractivity contribution in [2.75, 3.05) is 11.4 Å². The molecule has 0 aromatic heterocycles. The summed E-state index contributed by atoms with van der Waals surface area (Å²) in [5.74, 6) is 0.0190. The molecule has 0 spiro atoms. The Bertz CT molecular complexity index is 1180. The molecule has 1 aliphatic rings. The number of nitrogens with zero attached hydrogens (tertiary/aromatic N) is 1. The van der Waals surface area contributed by atoms with Gasteiger partial charge >= 0.3 is 0 Å². The van der Waals surface area contributed by atoms with Gasteiger partial charge in [0, 0.05) is 11.1 Å². The lowest BCUT2D eigenvalue weighted by Crippen LogP contribution is -2.46. The minimum absolute atomic E-state index is 0.0257. The zero-order valence-corrected chi connectivity index (χ0v) is 19.1. The summed E-state index contributed by atoms with van der Waals surface area (Å²) in [6.45, 7) is 1.87. The highest BCUT2D eigenvalue weighted by atomic mass is 35.5. The second kappa shape index (κ2) is 10.4. The number of benzene rings is 3. The molecule has 0 saturated carbocycles. The first-order chi connectivity index (χ1) is 16.0. The van der Waals surface area contributed by atoms with Gasteiger partial charge in [0.2, 0.25) is 5.91 Å². The zero-order chi connectivity index (χ0) is 23.2. The quantitative estimate of drug-likeness (QED) is 0.490. The Kier molecular flexibility index (Phi) is 7.10. The monoisotopic (exact) mass is 460 g/mol. The van der Waals surface area contributed by atoms with E-state index in [1.165, 1.54) is 10.5 Å². The van der Waals surface area contributed by atoms with E-state index in [0.29, 0.717) is 22.0 Å². The number of nitrogens with one attached hydrogen (secondary N) is 1. The Hall–Kier alpha value is -3.57. The summed E-state index contributed by atoms with van der Waals surface area (Å²) in [6.07, 6.45) is 3.28. The molecule has 0 radical (unpaired) electrons. The molecule has 2 amide bonds. The highest BCUT2D eigenvalue weighted by molar-refractivity contribution is 6.32. The third-order valence-corrected chi connectivity index (χ3v) is 5.79. The van der Waals surface area contributed by atoms with Gasteiger partial charge in [0.25, 0.3) is 5.91 Å². The number of rotatable bonds is 7. The van der Waals surface area contributed by atoms with E-state index in [0.717, 1.165) is 12.8 Å². The summed E-state index contributed by atoms with van der Waals surface area (Å²) in [7, 11) is 0. The van der Waals surface area contributed by atoms with Crippen LogP contribution in [0.3, 0.4) is 0 Å². The average Bonchev–Trinajstić information content (AvgIpc) is 2.82. The molecule has 0 aliphatic carbocycles. The maximum absolute atomic E-state index is 13.2. The van der Waals surface area contributed by atoms with Gasteiger partial charge in [-0.2, -0.15) is 0 Å². The van der Waals surface area contributed by atoms with Crippen LogP contribution in [0.2, 0.25) is 5.02 Å². The van der Waals surface area contributed by atoms with Crippen LogP contribution in [0.5, 0.6) is 5.75 Å². The predicted octanol–water partition coefficient (Wildman–Crippen LogP) is 5.24. The van der Waals surface area contributed by atoms with E-state index in [1.54, 1.807) is 30.3 Å². The van der Waals surface area contributed by atoms with Crippen molar-refractivity contribution in [3.05, 3.63) is 101 Å². The Balaban J connectivity index is 1.48. The Morgan fingerprint density at radius 3 is 2.52 bits per heavy atom. The molecule has 1 heterocycles. The topological polar surface area (TPSA) is 58.6 Å². The molecule has 5 nitrogen and oxygen atoms in total. The average molecular weight is 461 g/mol. The van der Waals surface area contributed by atoms with Crippen LogP contribution in [-0.2, 0) is 16.0 Å². The van der Waals surface area contributed by atoms with Gasteiger partial charge in [-0.3, -0.25) is 14.5 Å². The van der Waals surface area contributed by atoms with E-state index in [9.17, 15) is 9.59 Å². The molecule has 33 heavy (non-hydrogen) atoms. The van der Waals surface area contributed by atoms with Crippen molar-refractivity contribution in [2.45, 2.75) is 25.8 Å². The molecule has 3 aromatic rings. The molecule has 4 rings (SSSR count). The van der Waals surface area contributed by atoms with Crippen molar-refractivity contribution in [1.29, 1.82) is 0 Å². The van der Waals surface area contributed by atoms with Crippen molar-refractivity contribution in [3.8, 4) is 5.75 Å². The van der Waals surface area contributed by atoms with E-state index in [1.807, 2.05) is 49.4 Å². The van der Waals surface area contributed by atoms with Crippen LogP contribution >= 0.6 is 11.6 Å². The largest absolute Gasteiger partial charge is 0.449 e. The molecule has 3 aromatic carbocycles. The van der Waals surface area contributed by atoms with Gasteiger partial charge in [-0.1, -0.05) is 72.3 Å². The van der Waals surface area contributed by atoms with Crippen LogP contribution in [-0.4, -0.2) is 24.4 Å². The number of ether oxygens (including phenoxy) is 1. The maximum atomic E-state index is 13.2. The number of anilines is 1. The second-order valence-electron chi connectivity index (χ2n) is 7.98. The lowest BCUT2D eigenvalue weighted by atomic mass is 10.1. The molecule has 1 aliphatic heterocycles. The molecule has 0 bridgehead atoms. The summed E-state index contributed by atoms with van der Waals surface area (Å²) in [5, 5.41) is 3.52. The normalized spacial score (nSPS) is 15.0. The summed E-state index contributed by atoms with van der Waals surface area (Å²) >= 11 is 6.25. The number of hydrogen-bond acceptors (Lipinski definition) is 3. The minimum atomic E-state index is -0.388. The van der Waals surface area contributed by atoms with Gasteiger partial charge in [0.15, 0.2) is 11.5 Å². The van der Waals surface area contributed by atoms with Gasteiger partial charge in [0.1, 0.15) is 6.54 Å². The lowest BCUT2D eigenvalue weighted by molar-refractivity contribution is -0.123. The van der Waals surface area contributed by atoms with E-state index in [2.05, 4.69) is 17.4 Å². The molecule has 0 fully saturated rings. The lowest BCUT2D eigenvalue weighted by Gasteiger charge is -2.30.